The fourth-order valence-corrected chi connectivity index (χ4v) is 4.20. The van der Waals surface area contributed by atoms with Crippen molar-refractivity contribution in [1.29, 1.82) is 0 Å². The lowest BCUT2D eigenvalue weighted by Gasteiger charge is -2.08. The number of thiophene rings is 1. The smallest absolute Gasteiger partial charge is 0.261 e. The number of hydrogen-bond acceptors (Lipinski definition) is 7. The maximum absolute atomic E-state index is 12.4. The quantitative estimate of drug-likeness (QED) is 0.340. The van der Waals surface area contributed by atoms with E-state index in [9.17, 15) is 9.59 Å². The molecule has 0 saturated heterocycles. The molecule has 4 aromatic rings. The first kappa shape index (κ1) is 19.0. The number of nitrogens with zero attached hydrogens (tertiary/aromatic N) is 4. The van der Waals surface area contributed by atoms with Gasteiger partial charge in [-0.25, -0.2) is 4.98 Å². The lowest BCUT2D eigenvalue weighted by molar-refractivity contribution is 0.0957. The molecule has 4 N–H and O–H groups in total. The summed E-state index contributed by atoms with van der Waals surface area (Å²) in [5.74, 6) is 1.04. The van der Waals surface area contributed by atoms with Gasteiger partial charge in [0.2, 0.25) is 0 Å². The predicted octanol–water partition coefficient (Wildman–Crippen LogP) is 1.65. The molecular formula is C18H20N8O2S. The summed E-state index contributed by atoms with van der Waals surface area (Å²) in [5.41, 5.74) is 1.28. The summed E-state index contributed by atoms with van der Waals surface area (Å²) in [5, 5.41) is 17.1. The van der Waals surface area contributed by atoms with Crippen molar-refractivity contribution in [2.24, 2.45) is 0 Å². The van der Waals surface area contributed by atoms with Crippen LogP contribution in [0, 0.1) is 6.92 Å². The molecule has 0 aliphatic carbocycles. The maximum atomic E-state index is 12.4. The molecule has 1 atom stereocenters. The minimum Gasteiger partial charge on any atom is -0.351 e. The van der Waals surface area contributed by atoms with Crippen LogP contribution >= 0.6 is 11.3 Å². The second-order valence-corrected chi connectivity index (χ2v) is 7.85. The van der Waals surface area contributed by atoms with E-state index in [0.29, 0.717) is 40.5 Å². The highest BCUT2D eigenvalue weighted by Crippen LogP contribution is 2.32. The molecule has 0 saturated carbocycles. The van der Waals surface area contributed by atoms with E-state index in [-0.39, 0.29) is 17.4 Å². The van der Waals surface area contributed by atoms with Gasteiger partial charge >= 0.3 is 0 Å². The van der Waals surface area contributed by atoms with Crippen molar-refractivity contribution in [1.82, 2.24) is 40.9 Å². The van der Waals surface area contributed by atoms with Crippen LogP contribution in [-0.4, -0.2) is 48.0 Å². The minimum atomic E-state index is -0.160. The van der Waals surface area contributed by atoms with Crippen LogP contribution in [0.15, 0.2) is 23.1 Å². The lowest BCUT2D eigenvalue weighted by atomic mass is 10.0. The number of rotatable bonds is 7. The van der Waals surface area contributed by atoms with Crippen molar-refractivity contribution in [3.8, 4) is 0 Å². The Morgan fingerprint density at radius 3 is 3.00 bits per heavy atom. The Labute approximate surface area is 169 Å². The van der Waals surface area contributed by atoms with E-state index in [1.165, 1.54) is 11.3 Å². The Hall–Kier alpha value is -3.34. The van der Waals surface area contributed by atoms with E-state index in [1.54, 1.807) is 6.92 Å². The van der Waals surface area contributed by atoms with E-state index in [0.717, 1.165) is 16.9 Å². The van der Waals surface area contributed by atoms with E-state index >= 15 is 0 Å². The fourth-order valence-electron chi connectivity index (χ4n) is 3.20. The molecule has 4 heterocycles. The maximum Gasteiger partial charge on any atom is 0.261 e. The minimum absolute atomic E-state index is 0.0425. The van der Waals surface area contributed by atoms with Gasteiger partial charge < -0.3 is 15.3 Å². The van der Waals surface area contributed by atoms with E-state index in [1.807, 2.05) is 25.3 Å². The van der Waals surface area contributed by atoms with Gasteiger partial charge in [0.1, 0.15) is 11.5 Å². The molecule has 0 bridgehead atoms. The van der Waals surface area contributed by atoms with Gasteiger partial charge in [-0.3, -0.25) is 9.59 Å². The molecule has 0 aliphatic heterocycles. The van der Waals surface area contributed by atoms with Crippen molar-refractivity contribution in [2.45, 2.75) is 32.6 Å². The predicted molar refractivity (Wildman–Crippen MR) is 108 cm³/mol. The van der Waals surface area contributed by atoms with Crippen LogP contribution in [0.3, 0.4) is 0 Å². The van der Waals surface area contributed by atoms with Gasteiger partial charge in [0, 0.05) is 30.0 Å². The van der Waals surface area contributed by atoms with Gasteiger partial charge in [-0.15, -0.1) is 21.5 Å². The zero-order valence-electron chi connectivity index (χ0n) is 15.9. The Bertz CT molecular complexity index is 1190. The first-order valence-corrected chi connectivity index (χ1v) is 10.0. The van der Waals surface area contributed by atoms with Gasteiger partial charge in [-0.1, -0.05) is 12.1 Å². The number of hydrogen-bond donors (Lipinski definition) is 4. The number of aromatic nitrogens is 7. The molecule has 11 heteroatoms. The third-order valence-electron chi connectivity index (χ3n) is 4.69. The summed E-state index contributed by atoms with van der Waals surface area (Å²) in [6.45, 7) is 4.29. The fraction of sp³-hybridized carbons (Fsp3) is 0.333. The molecule has 4 rings (SSSR count). The van der Waals surface area contributed by atoms with E-state index < -0.39 is 0 Å². The molecule has 4 aromatic heterocycles. The lowest BCUT2D eigenvalue weighted by Crippen LogP contribution is -2.23. The summed E-state index contributed by atoms with van der Waals surface area (Å²) in [6, 6.07) is 3.74. The molecule has 1 amide bonds. The van der Waals surface area contributed by atoms with Crippen LogP contribution in [0.5, 0.6) is 0 Å². The first-order chi connectivity index (χ1) is 14.0. The average Bonchev–Trinajstić information content (AvgIpc) is 3.44. The first-order valence-electron chi connectivity index (χ1n) is 9.21. The standard InChI is InChI=1S/C18H20N8O2S/c1-9(11-8-20-16-15(11)18(28)22-10(2)21-16)12-5-6-13(29-12)17(27)19-7-3-4-14-23-25-26-24-14/h5-6,8-9H,3-4,7H2,1-2H3,(H,19,27)(H2,20,21,22,28)(H,23,24,25,26). The highest BCUT2D eigenvalue weighted by Gasteiger charge is 2.19. The molecule has 0 aliphatic rings. The van der Waals surface area contributed by atoms with Crippen LogP contribution in [0.25, 0.3) is 11.0 Å². The summed E-state index contributed by atoms with van der Waals surface area (Å²) < 4.78 is 0. The number of carbonyl (C=O) groups is 1. The number of aryl methyl sites for hydroxylation is 2. The number of fused-ring (bicyclic) bond motifs is 1. The van der Waals surface area contributed by atoms with Crippen LogP contribution in [0.1, 0.15) is 51.0 Å². The number of aromatic amines is 3. The Morgan fingerprint density at radius 2 is 2.21 bits per heavy atom. The summed E-state index contributed by atoms with van der Waals surface area (Å²) in [7, 11) is 0. The Balaban J connectivity index is 1.43. The summed E-state index contributed by atoms with van der Waals surface area (Å²) >= 11 is 1.42. The topological polar surface area (TPSA) is 145 Å². The molecular weight excluding hydrogens is 392 g/mol. The molecule has 10 nitrogen and oxygen atoms in total. The van der Waals surface area contributed by atoms with Gasteiger partial charge in [0.25, 0.3) is 11.5 Å². The highest BCUT2D eigenvalue weighted by atomic mass is 32.1. The van der Waals surface area contributed by atoms with Crippen LogP contribution < -0.4 is 10.9 Å². The normalized spacial score (nSPS) is 12.3. The van der Waals surface area contributed by atoms with Crippen LogP contribution in [0.4, 0.5) is 0 Å². The largest absolute Gasteiger partial charge is 0.351 e. The van der Waals surface area contributed by atoms with Gasteiger partial charge in [-0.2, -0.15) is 5.21 Å². The second kappa shape index (κ2) is 7.95. The van der Waals surface area contributed by atoms with Crippen molar-refractivity contribution >= 4 is 28.3 Å². The number of H-pyrrole nitrogens is 3. The van der Waals surface area contributed by atoms with Crippen molar-refractivity contribution in [2.75, 3.05) is 6.54 Å². The monoisotopic (exact) mass is 412 g/mol. The second-order valence-electron chi connectivity index (χ2n) is 6.73. The molecule has 0 spiro atoms. The Kier molecular flexibility index (Phi) is 5.21. The third-order valence-corrected chi connectivity index (χ3v) is 5.95. The molecule has 150 valence electrons. The van der Waals surface area contributed by atoms with Crippen molar-refractivity contribution in [3.05, 3.63) is 55.6 Å². The van der Waals surface area contributed by atoms with E-state index in [4.69, 9.17) is 0 Å². The van der Waals surface area contributed by atoms with E-state index in [2.05, 4.69) is 40.9 Å². The summed E-state index contributed by atoms with van der Waals surface area (Å²) in [6.07, 6.45) is 3.19. The molecule has 0 radical (unpaired) electrons. The molecule has 0 aromatic carbocycles. The SMILES string of the molecule is Cc1nc2[nH]cc(C(C)c3ccc(C(=O)NCCCc4nn[nH]n4)s3)c2c(=O)[nH]1. The number of amides is 1. The molecule has 0 fully saturated rings. The van der Waals surface area contributed by atoms with Gasteiger partial charge in [0.05, 0.1) is 10.3 Å². The molecule has 1 unspecified atom stereocenters. The summed E-state index contributed by atoms with van der Waals surface area (Å²) in [4.78, 5) is 36.6. The number of tetrazole rings is 1. The number of carbonyl (C=O) groups excluding carboxylic acids is 1. The zero-order valence-corrected chi connectivity index (χ0v) is 16.8. The average molecular weight is 412 g/mol. The van der Waals surface area contributed by atoms with Gasteiger partial charge in [-0.05, 0) is 31.0 Å². The van der Waals surface area contributed by atoms with Crippen molar-refractivity contribution < 1.29 is 4.79 Å². The third kappa shape index (κ3) is 3.94. The zero-order chi connectivity index (χ0) is 20.4. The van der Waals surface area contributed by atoms with Crippen molar-refractivity contribution in [3.63, 3.8) is 0 Å². The van der Waals surface area contributed by atoms with Gasteiger partial charge in [0.15, 0.2) is 5.82 Å². The van der Waals surface area contributed by atoms with Crippen LogP contribution in [-0.2, 0) is 6.42 Å². The Morgan fingerprint density at radius 1 is 1.34 bits per heavy atom. The highest BCUT2D eigenvalue weighted by molar-refractivity contribution is 7.14. The molecule has 29 heavy (non-hydrogen) atoms. The number of nitrogens with one attached hydrogen (secondary N) is 4. The van der Waals surface area contributed by atoms with Crippen LogP contribution in [0.2, 0.25) is 0 Å².